The molecule has 0 atom stereocenters. The fraction of sp³-hybridized carbons (Fsp3) is 0.933. The molecule has 0 unspecified atom stereocenters. The first kappa shape index (κ1) is 16.5. The summed E-state index contributed by atoms with van der Waals surface area (Å²) >= 11 is 0. The van der Waals surface area contributed by atoms with Gasteiger partial charge in [-0.2, -0.15) is 0 Å². The minimum absolute atomic E-state index is 0.748. The van der Waals surface area contributed by atoms with Gasteiger partial charge in [-0.3, -0.25) is 10.4 Å². The van der Waals surface area contributed by atoms with Crippen molar-refractivity contribution in [3.05, 3.63) is 0 Å². The molecule has 6 nitrogen and oxygen atoms in total. The minimum Gasteiger partial charge on any atom is -0.385 e. The van der Waals surface area contributed by atoms with Crippen LogP contribution >= 0.6 is 0 Å². The molecular weight excluding hydrogens is 266 g/mol. The Labute approximate surface area is 128 Å². The average Bonchev–Trinajstić information content (AvgIpc) is 2.56. The standard InChI is InChI=1S/C15H31N5O/c1-21-13-5-8-17-15(18-16)20-11-6-14(7-12-20)19-9-3-2-4-10-19/h14H,2-13,16H2,1H3,(H,17,18). The highest BCUT2D eigenvalue weighted by atomic mass is 16.5. The van der Waals surface area contributed by atoms with Gasteiger partial charge in [0.15, 0.2) is 0 Å². The van der Waals surface area contributed by atoms with Crippen LogP contribution in [-0.4, -0.2) is 68.2 Å². The van der Waals surface area contributed by atoms with Crippen molar-refractivity contribution in [2.75, 3.05) is 46.4 Å². The van der Waals surface area contributed by atoms with Gasteiger partial charge in [-0.15, -0.1) is 0 Å². The number of piperidine rings is 2. The van der Waals surface area contributed by atoms with Crippen LogP contribution in [0.5, 0.6) is 0 Å². The normalized spacial score (nSPS) is 22.6. The van der Waals surface area contributed by atoms with E-state index in [9.17, 15) is 0 Å². The van der Waals surface area contributed by atoms with Crippen LogP contribution in [-0.2, 0) is 4.74 Å². The van der Waals surface area contributed by atoms with Gasteiger partial charge in [-0.1, -0.05) is 6.42 Å². The number of nitrogens with two attached hydrogens (primary N) is 1. The molecule has 2 aliphatic heterocycles. The van der Waals surface area contributed by atoms with Gasteiger partial charge in [0.05, 0.1) is 0 Å². The second kappa shape index (κ2) is 9.23. The number of nitrogens with zero attached hydrogens (tertiary/aromatic N) is 3. The van der Waals surface area contributed by atoms with E-state index in [1.807, 2.05) is 0 Å². The van der Waals surface area contributed by atoms with E-state index in [2.05, 4.69) is 20.2 Å². The summed E-state index contributed by atoms with van der Waals surface area (Å²) in [6.45, 7) is 6.19. The van der Waals surface area contributed by atoms with E-state index in [0.717, 1.165) is 44.7 Å². The second-order valence-electron chi connectivity index (χ2n) is 6.01. The molecule has 3 N–H and O–H groups in total. The summed E-state index contributed by atoms with van der Waals surface area (Å²) in [7, 11) is 1.72. The van der Waals surface area contributed by atoms with Crippen LogP contribution in [0.2, 0.25) is 0 Å². The molecule has 0 saturated carbocycles. The second-order valence-corrected chi connectivity index (χ2v) is 6.01. The first-order valence-electron chi connectivity index (χ1n) is 8.34. The van der Waals surface area contributed by atoms with Crippen molar-refractivity contribution in [1.82, 2.24) is 15.2 Å². The van der Waals surface area contributed by atoms with E-state index in [1.165, 1.54) is 45.2 Å². The third kappa shape index (κ3) is 5.13. The maximum Gasteiger partial charge on any atom is 0.208 e. The third-order valence-corrected chi connectivity index (χ3v) is 4.57. The molecule has 0 bridgehead atoms. The van der Waals surface area contributed by atoms with Gasteiger partial charge in [0.1, 0.15) is 0 Å². The van der Waals surface area contributed by atoms with Crippen molar-refractivity contribution in [3.63, 3.8) is 0 Å². The number of ether oxygens (including phenoxy) is 1. The van der Waals surface area contributed by atoms with Crippen molar-refractivity contribution in [3.8, 4) is 0 Å². The molecule has 2 saturated heterocycles. The fourth-order valence-corrected chi connectivity index (χ4v) is 3.36. The Morgan fingerprint density at radius 2 is 1.90 bits per heavy atom. The summed E-state index contributed by atoms with van der Waals surface area (Å²) in [5.74, 6) is 6.47. The molecule has 2 fully saturated rings. The number of hydrogen-bond donors (Lipinski definition) is 2. The van der Waals surface area contributed by atoms with Gasteiger partial charge >= 0.3 is 0 Å². The lowest BCUT2D eigenvalue weighted by Gasteiger charge is -2.40. The van der Waals surface area contributed by atoms with Crippen molar-refractivity contribution in [2.24, 2.45) is 10.8 Å². The summed E-state index contributed by atoms with van der Waals surface area (Å²) in [6, 6.07) is 0.758. The summed E-state index contributed by atoms with van der Waals surface area (Å²) < 4.78 is 5.04. The number of methoxy groups -OCH3 is 1. The topological polar surface area (TPSA) is 66.1 Å². The number of rotatable bonds is 5. The quantitative estimate of drug-likeness (QED) is 0.258. The van der Waals surface area contributed by atoms with Gasteiger partial charge in [0.25, 0.3) is 0 Å². The summed E-state index contributed by atoms with van der Waals surface area (Å²) in [4.78, 5) is 9.53. The van der Waals surface area contributed by atoms with Crippen LogP contribution < -0.4 is 11.3 Å². The maximum absolute atomic E-state index is 5.63. The Morgan fingerprint density at radius 1 is 1.19 bits per heavy atom. The molecule has 0 spiro atoms. The number of nitrogens with one attached hydrogen (secondary N) is 1. The van der Waals surface area contributed by atoms with E-state index in [1.54, 1.807) is 7.11 Å². The van der Waals surface area contributed by atoms with Crippen LogP contribution in [0.4, 0.5) is 0 Å². The number of guanidine groups is 1. The summed E-state index contributed by atoms with van der Waals surface area (Å²) in [5, 5.41) is 0. The van der Waals surface area contributed by atoms with E-state index < -0.39 is 0 Å². The molecule has 2 rings (SSSR count). The molecule has 0 radical (unpaired) electrons. The zero-order valence-corrected chi connectivity index (χ0v) is 13.4. The number of likely N-dealkylation sites (tertiary alicyclic amines) is 2. The van der Waals surface area contributed by atoms with E-state index in [4.69, 9.17) is 10.6 Å². The Kier molecular flexibility index (Phi) is 7.26. The average molecular weight is 297 g/mol. The van der Waals surface area contributed by atoms with Gasteiger partial charge < -0.3 is 14.5 Å². The molecule has 0 aliphatic carbocycles. The Hall–Kier alpha value is -0.850. The summed E-state index contributed by atoms with van der Waals surface area (Å²) in [6.07, 6.45) is 7.53. The number of aliphatic imine (C=N–C) groups is 1. The predicted octanol–water partition coefficient (Wildman–Crippen LogP) is 0.793. The molecule has 0 amide bonds. The Morgan fingerprint density at radius 3 is 2.52 bits per heavy atom. The maximum atomic E-state index is 5.63. The molecular formula is C15H31N5O. The predicted molar refractivity (Wildman–Crippen MR) is 86.1 cm³/mol. The van der Waals surface area contributed by atoms with Crippen LogP contribution in [0.3, 0.4) is 0 Å². The zero-order chi connectivity index (χ0) is 14.9. The highest BCUT2D eigenvalue weighted by Crippen LogP contribution is 2.20. The first-order valence-corrected chi connectivity index (χ1v) is 8.34. The Bertz CT molecular complexity index is 309. The van der Waals surface area contributed by atoms with Crippen LogP contribution in [0.1, 0.15) is 38.5 Å². The molecule has 0 aromatic carbocycles. The molecule has 2 aliphatic rings. The number of hydrogen-bond acceptors (Lipinski definition) is 4. The fourth-order valence-electron chi connectivity index (χ4n) is 3.36. The van der Waals surface area contributed by atoms with E-state index >= 15 is 0 Å². The Balaban J connectivity index is 1.75. The molecule has 2 heterocycles. The van der Waals surface area contributed by atoms with Gasteiger partial charge in [-0.25, -0.2) is 5.84 Å². The molecule has 0 aromatic heterocycles. The lowest BCUT2D eigenvalue weighted by molar-refractivity contribution is 0.114. The lowest BCUT2D eigenvalue weighted by atomic mass is 10.00. The SMILES string of the molecule is COCCCN=C(NN)N1CCC(N2CCCCC2)CC1. The van der Waals surface area contributed by atoms with Crippen molar-refractivity contribution >= 4 is 5.96 Å². The third-order valence-electron chi connectivity index (χ3n) is 4.57. The molecule has 21 heavy (non-hydrogen) atoms. The minimum atomic E-state index is 0.748. The highest BCUT2D eigenvalue weighted by molar-refractivity contribution is 5.79. The van der Waals surface area contributed by atoms with Crippen LogP contribution in [0.15, 0.2) is 4.99 Å². The lowest BCUT2D eigenvalue weighted by Crippen LogP contribution is -2.52. The largest absolute Gasteiger partial charge is 0.385 e. The smallest absolute Gasteiger partial charge is 0.208 e. The highest BCUT2D eigenvalue weighted by Gasteiger charge is 2.26. The van der Waals surface area contributed by atoms with Crippen molar-refractivity contribution in [1.29, 1.82) is 0 Å². The van der Waals surface area contributed by atoms with Crippen LogP contribution in [0.25, 0.3) is 0 Å². The van der Waals surface area contributed by atoms with Crippen LogP contribution in [0, 0.1) is 0 Å². The number of hydrazine groups is 1. The molecule has 122 valence electrons. The first-order chi connectivity index (χ1) is 10.3. The van der Waals surface area contributed by atoms with Crippen molar-refractivity contribution < 1.29 is 4.74 Å². The van der Waals surface area contributed by atoms with Gasteiger partial charge in [0, 0.05) is 39.4 Å². The molecule has 0 aromatic rings. The summed E-state index contributed by atoms with van der Waals surface area (Å²) in [5.41, 5.74) is 2.76. The monoisotopic (exact) mass is 297 g/mol. The van der Waals surface area contributed by atoms with E-state index in [-0.39, 0.29) is 0 Å². The molecule has 6 heteroatoms. The van der Waals surface area contributed by atoms with Gasteiger partial charge in [0.2, 0.25) is 5.96 Å². The zero-order valence-electron chi connectivity index (χ0n) is 13.4. The van der Waals surface area contributed by atoms with E-state index in [0.29, 0.717) is 0 Å². The van der Waals surface area contributed by atoms with Gasteiger partial charge in [-0.05, 0) is 45.2 Å². The van der Waals surface area contributed by atoms with Crippen molar-refractivity contribution in [2.45, 2.75) is 44.6 Å².